The van der Waals surface area contributed by atoms with Crippen LogP contribution in [0.1, 0.15) is 19.3 Å². The van der Waals surface area contributed by atoms with Crippen molar-refractivity contribution >= 4 is 29.9 Å². The molecule has 1 aliphatic rings. The second kappa shape index (κ2) is 3.59. The Labute approximate surface area is 71.4 Å². The third-order valence-electron chi connectivity index (χ3n) is 1.93. The van der Waals surface area contributed by atoms with Gasteiger partial charge in [0.05, 0.1) is 16.8 Å². The van der Waals surface area contributed by atoms with E-state index in [-0.39, 0.29) is 16.8 Å². The Kier molecular flexibility index (Phi) is 2.99. The largest absolute Gasteiger partial charge is 0.296 e. The monoisotopic (exact) mass is 179 g/mol. The smallest absolute Gasteiger partial charge is 0.0722 e. The molecule has 0 bridgehead atoms. The molecule has 0 heterocycles. The molecule has 0 amide bonds. The Hall–Kier alpha value is 0.250. The van der Waals surface area contributed by atoms with Gasteiger partial charge in [-0.15, -0.1) is 23.2 Å². The fraction of sp³-hybridized carbons (Fsp3) is 0.857. The van der Waals surface area contributed by atoms with Gasteiger partial charge in [-0.3, -0.25) is 4.99 Å². The topological polar surface area (TPSA) is 12.4 Å². The van der Waals surface area contributed by atoms with Crippen molar-refractivity contribution < 1.29 is 0 Å². The van der Waals surface area contributed by atoms with Gasteiger partial charge in [0.2, 0.25) is 0 Å². The van der Waals surface area contributed by atoms with Crippen molar-refractivity contribution in [1.82, 2.24) is 0 Å². The molecule has 3 heteroatoms. The Morgan fingerprint density at radius 1 is 1.30 bits per heavy atom. The highest BCUT2D eigenvalue weighted by atomic mass is 35.5. The molecule has 1 saturated carbocycles. The summed E-state index contributed by atoms with van der Waals surface area (Å²) in [7, 11) is 0. The lowest BCUT2D eigenvalue weighted by Crippen LogP contribution is -2.32. The number of hydrogen-bond acceptors (Lipinski definition) is 1. The van der Waals surface area contributed by atoms with Crippen molar-refractivity contribution in [3.63, 3.8) is 0 Å². The molecule has 3 atom stereocenters. The normalized spacial score (nSPS) is 41.2. The number of nitrogens with zero attached hydrogens (tertiary/aromatic N) is 1. The average Bonchev–Trinajstić information content (AvgIpc) is 1.95. The number of alkyl halides is 2. The first-order valence-electron chi connectivity index (χ1n) is 3.49. The first kappa shape index (κ1) is 8.35. The zero-order valence-corrected chi connectivity index (χ0v) is 7.28. The van der Waals surface area contributed by atoms with E-state index in [1.54, 1.807) is 0 Å². The van der Waals surface area contributed by atoms with Gasteiger partial charge >= 0.3 is 0 Å². The average molecular weight is 180 g/mol. The molecule has 3 unspecified atom stereocenters. The van der Waals surface area contributed by atoms with E-state index in [9.17, 15) is 0 Å². The molecule has 0 aromatic carbocycles. The highest BCUT2D eigenvalue weighted by molar-refractivity contribution is 6.30. The van der Waals surface area contributed by atoms with Crippen LogP contribution < -0.4 is 0 Å². The maximum absolute atomic E-state index is 5.97. The summed E-state index contributed by atoms with van der Waals surface area (Å²) < 4.78 is 0. The molecular formula is C7H11Cl2N. The second-order valence-electron chi connectivity index (χ2n) is 2.64. The van der Waals surface area contributed by atoms with E-state index in [1.807, 2.05) is 0 Å². The van der Waals surface area contributed by atoms with E-state index in [4.69, 9.17) is 23.2 Å². The molecule has 1 nitrogen and oxygen atoms in total. The molecule has 58 valence electrons. The molecule has 1 rings (SSSR count). The third-order valence-corrected chi connectivity index (χ3v) is 3.14. The van der Waals surface area contributed by atoms with Crippen LogP contribution in [0.2, 0.25) is 0 Å². The van der Waals surface area contributed by atoms with Gasteiger partial charge in [0.25, 0.3) is 0 Å². The minimum absolute atomic E-state index is 0.00656. The lowest BCUT2D eigenvalue weighted by atomic mass is 9.95. The second-order valence-corrected chi connectivity index (χ2v) is 3.71. The van der Waals surface area contributed by atoms with Gasteiger partial charge in [-0.25, -0.2) is 0 Å². The molecule has 0 saturated heterocycles. The van der Waals surface area contributed by atoms with Crippen LogP contribution in [0.15, 0.2) is 4.99 Å². The lowest BCUT2D eigenvalue weighted by Gasteiger charge is -2.27. The van der Waals surface area contributed by atoms with Crippen molar-refractivity contribution in [2.45, 2.75) is 36.1 Å². The summed E-state index contributed by atoms with van der Waals surface area (Å²) >= 11 is 11.9. The van der Waals surface area contributed by atoms with Gasteiger partial charge in [0.1, 0.15) is 0 Å². The van der Waals surface area contributed by atoms with Gasteiger partial charge in [0.15, 0.2) is 0 Å². The molecule has 0 N–H and O–H groups in total. The molecule has 0 aromatic heterocycles. The van der Waals surface area contributed by atoms with E-state index < -0.39 is 0 Å². The summed E-state index contributed by atoms with van der Waals surface area (Å²) in [5.41, 5.74) is 0. The van der Waals surface area contributed by atoms with E-state index >= 15 is 0 Å². The Bertz CT molecular complexity index is 127. The summed E-state index contributed by atoms with van der Waals surface area (Å²) in [6.45, 7) is 3.48. The molecule has 10 heavy (non-hydrogen) atoms. The Morgan fingerprint density at radius 2 is 2.00 bits per heavy atom. The van der Waals surface area contributed by atoms with Crippen molar-refractivity contribution in [2.75, 3.05) is 0 Å². The van der Waals surface area contributed by atoms with Crippen LogP contribution in [0.3, 0.4) is 0 Å². The number of hydrogen-bond donors (Lipinski definition) is 0. The number of rotatable bonds is 1. The van der Waals surface area contributed by atoms with Crippen molar-refractivity contribution in [2.24, 2.45) is 4.99 Å². The fourth-order valence-corrected chi connectivity index (χ4v) is 1.93. The van der Waals surface area contributed by atoms with Gasteiger partial charge in [-0.2, -0.15) is 0 Å². The standard InChI is InChI=1S/C7H11Cl2N/c1-10-6-4-2-3-5(8)7(6)9/h5-7H,1-4H2. The van der Waals surface area contributed by atoms with Crippen LogP contribution in [0.4, 0.5) is 0 Å². The Morgan fingerprint density at radius 3 is 2.50 bits per heavy atom. The summed E-state index contributed by atoms with van der Waals surface area (Å²) in [5.74, 6) is 0. The summed E-state index contributed by atoms with van der Waals surface area (Å²) in [4.78, 5) is 3.91. The lowest BCUT2D eigenvalue weighted by molar-refractivity contribution is 0.457. The van der Waals surface area contributed by atoms with Crippen LogP contribution in [0, 0.1) is 0 Å². The summed E-state index contributed by atoms with van der Waals surface area (Å²) in [6, 6.07) is 0.179. The molecule has 0 radical (unpaired) electrons. The minimum atomic E-state index is -0.00656. The Balaban J connectivity index is 2.50. The highest BCUT2D eigenvalue weighted by Crippen LogP contribution is 2.29. The summed E-state index contributed by atoms with van der Waals surface area (Å²) in [5, 5.41) is 0.0823. The molecule has 1 fully saturated rings. The predicted octanol–water partition coefficient (Wildman–Crippen LogP) is 2.45. The van der Waals surface area contributed by atoms with E-state index in [0.29, 0.717) is 0 Å². The van der Waals surface area contributed by atoms with Gasteiger partial charge < -0.3 is 0 Å². The van der Waals surface area contributed by atoms with Gasteiger partial charge in [-0.05, 0) is 26.0 Å². The first-order chi connectivity index (χ1) is 4.75. The van der Waals surface area contributed by atoms with E-state index in [2.05, 4.69) is 11.7 Å². The minimum Gasteiger partial charge on any atom is -0.296 e. The molecule has 0 aliphatic heterocycles. The fourth-order valence-electron chi connectivity index (χ4n) is 1.27. The quantitative estimate of drug-likeness (QED) is 0.434. The molecule has 0 spiro atoms. The molecule has 0 aromatic rings. The zero-order chi connectivity index (χ0) is 7.56. The highest BCUT2D eigenvalue weighted by Gasteiger charge is 2.29. The van der Waals surface area contributed by atoms with Gasteiger partial charge in [-0.1, -0.05) is 0 Å². The van der Waals surface area contributed by atoms with Crippen LogP contribution in [-0.4, -0.2) is 23.5 Å². The molecular weight excluding hydrogens is 169 g/mol. The number of halogens is 2. The van der Waals surface area contributed by atoms with Crippen molar-refractivity contribution in [3.8, 4) is 0 Å². The summed E-state index contributed by atoms with van der Waals surface area (Å²) in [6.07, 6.45) is 3.18. The SMILES string of the molecule is C=NC1CCCC(Cl)C1Cl. The van der Waals surface area contributed by atoms with Crippen LogP contribution in [0.25, 0.3) is 0 Å². The number of aliphatic imine (C=N–C) groups is 1. The van der Waals surface area contributed by atoms with E-state index in [1.165, 1.54) is 0 Å². The van der Waals surface area contributed by atoms with Crippen molar-refractivity contribution in [1.29, 1.82) is 0 Å². The van der Waals surface area contributed by atoms with Crippen LogP contribution in [0.5, 0.6) is 0 Å². The van der Waals surface area contributed by atoms with Crippen LogP contribution in [-0.2, 0) is 0 Å². The first-order valence-corrected chi connectivity index (χ1v) is 4.37. The molecule has 1 aliphatic carbocycles. The van der Waals surface area contributed by atoms with Crippen LogP contribution >= 0.6 is 23.2 Å². The maximum atomic E-state index is 5.97. The maximum Gasteiger partial charge on any atom is 0.0722 e. The van der Waals surface area contributed by atoms with Gasteiger partial charge in [0, 0.05) is 0 Å². The van der Waals surface area contributed by atoms with E-state index in [0.717, 1.165) is 19.3 Å². The zero-order valence-electron chi connectivity index (χ0n) is 5.76. The predicted molar refractivity (Wildman–Crippen MR) is 46.5 cm³/mol. The van der Waals surface area contributed by atoms with Crippen molar-refractivity contribution in [3.05, 3.63) is 0 Å². The third kappa shape index (κ3) is 1.64.